The largest absolute Gasteiger partial charge is 0.478 e. The highest BCUT2D eigenvalue weighted by Gasteiger charge is 2.45. The first-order valence-electron chi connectivity index (χ1n) is 7.21. The highest BCUT2D eigenvalue weighted by Crippen LogP contribution is 2.42. The molecule has 3 N–H and O–H groups in total. The van der Waals surface area contributed by atoms with Crippen molar-refractivity contribution < 1.29 is 23.1 Å². The number of aromatic carboxylic acids is 1. The van der Waals surface area contributed by atoms with Crippen LogP contribution < -0.4 is 5.73 Å². The molecule has 1 aromatic carbocycles. The van der Waals surface area contributed by atoms with Crippen LogP contribution in [-0.2, 0) is 0 Å². The number of nitrogens with zero attached hydrogens (tertiary/aromatic N) is 2. The summed E-state index contributed by atoms with van der Waals surface area (Å²) in [7, 11) is 1.52. The summed E-state index contributed by atoms with van der Waals surface area (Å²) in [6, 6.07) is 9.50. The van der Waals surface area contributed by atoms with Gasteiger partial charge in [0.1, 0.15) is 5.70 Å². The number of hydrazine groups is 1. The number of hydrogen-bond donors (Lipinski definition) is 2. The van der Waals surface area contributed by atoms with Gasteiger partial charge in [-0.1, -0.05) is 18.2 Å². The molecule has 0 spiro atoms. The SMILES string of the molecule is CN1C(c2cccs2)C=C(C(F)(F)F)N1Cl.Nc1ccccc1C(=O)O. The Kier molecular flexibility index (Phi) is 6.17. The zero-order chi connectivity index (χ0) is 19.5. The van der Waals surface area contributed by atoms with Crippen molar-refractivity contribution in [2.75, 3.05) is 12.8 Å². The molecular weight excluding hydrogens is 391 g/mol. The Morgan fingerprint density at radius 3 is 2.35 bits per heavy atom. The van der Waals surface area contributed by atoms with Crippen LogP contribution in [0.3, 0.4) is 0 Å². The lowest BCUT2D eigenvalue weighted by Crippen LogP contribution is -2.32. The first kappa shape index (κ1) is 20.1. The Morgan fingerprint density at radius 1 is 1.27 bits per heavy atom. The Bertz CT molecular complexity index is 796. The van der Waals surface area contributed by atoms with Crippen LogP contribution in [0.1, 0.15) is 21.3 Å². The summed E-state index contributed by atoms with van der Waals surface area (Å²) in [5.41, 5.74) is 4.96. The molecule has 140 valence electrons. The minimum Gasteiger partial charge on any atom is -0.478 e. The van der Waals surface area contributed by atoms with Crippen molar-refractivity contribution in [2.24, 2.45) is 0 Å². The number of hydrogen-bond acceptors (Lipinski definition) is 5. The van der Waals surface area contributed by atoms with Gasteiger partial charge in [0.05, 0.1) is 11.6 Å². The maximum Gasteiger partial charge on any atom is 0.433 e. The molecule has 1 unspecified atom stereocenters. The summed E-state index contributed by atoms with van der Waals surface area (Å²) in [6.45, 7) is 0. The standard InChI is InChI=1S/C9H8ClF3N2S.C7H7NO2/c1-14-6(7-3-2-4-16-7)5-8(15(14)10)9(11,12)13;8-6-4-2-1-3-5(6)7(9)10/h2-6H,1H3;1-4H,8H2,(H,9,10). The van der Waals surface area contributed by atoms with E-state index >= 15 is 0 Å². The lowest BCUT2D eigenvalue weighted by Gasteiger charge is -2.25. The van der Waals surface area contributed by atoms with E-state index in [0.717, 1.165) is 11.0 Å². The van der Waals surface area contributed by atoms with Gasteiger partial charge >= 0.3 is 12.1 Å². The number of likely N-dealkylation sites (N-methyl/N-ethyl adjacent to an activating group) is 1. The summed E-state index contributed by atoms with van der Waals surface area (Å²) in [5, 5.41) is 11.6. The summed E-state index contributed by atoms with van der Waals surface area (Å²) in [4.78, 5) is 11.2. The van der Waals surface area contributed by atoms with Gasteiger partial charge < -0.3 is 10.8 Å². The van der Waals surface area contributed by atoms with Gasteiger partial charge in [0.25, 0.3) is 0 Å². The van der Waals surface area contributed by atoms with Crippen LogP contribution in [-0.4, -0.2) is 33.8 Å². The van der Waals surface area contributed by atoms with E-state index in [4.69, 9.17) is 22.6 Å². The Balaban J connectivity index is 0.000000209. The van der Waals surface area contributed by atoms with Gasteiger partial charge in [-0.3, -0.25) is 0 Å². The molecule has 1 aliphatic rings. The van der Waals surface area contributed by atoms with E-state index in [-0.39, 0.29) is 5.56 Å². The Hall–Kier alpha value is -2.23. The number of allylic oxidation sites excluding steroid dienone is 1. The van der Waals surface area contributed by atoms with Crippen LogP contribution >= 0.6 is 23.1 Å². The lowest BCUT2D eigenvalue weighted by atomic mass is 10.2. The minimum absolute atomic E-state index is 0.155. The topological polar surface area (TPSA) is 69.8 Å². The molecule has 1 aliphatic heterocycles. The number of carboxylic acids is 1. The molecule has 26 heavy (non-hydrogen) atoms. The predicted molar refractivity (Wildman–Crippen MR) is 94.5 cm³/mol. The molecule has 0 radical (unpaired) electrons. The molecule has 0 saturated heterocycles. The number of rotatable bonds is 2. The zero-order valence-corrected chi connectivity index (χ0v) is 15.0. The van der Waals surface area contributed by atoms with Gasteiger partial charge in [-0.25, -0.2) is 9.32 Å². The van der Waals surface area contributed by atoms with Gasteiger partial charge in [-0.05, 0) is 29.7 Å². The molecule has 0 fully saturated rings. The van der Waals surface area contributed by atoms with Crippen LogP contribution in [0.4, 0.5) is 18.9 Å². The smallest absolute Gasteiger partial charge is 0.433 e. The number of carbonyl (C=O) groups is 1. The monoisotopic (exact) mass is 405 g/mol. The molecule has 2 aromatic rings. The zero-order valence-electron chi connectivity index (χ0n) is 13.4. The van der Waals surface area contributed by atoms with Gasteiger partial charge in [-0.2, -0.15) is 18.2 Å². The fourth-order valence-electron chi connectivity index (χ4n) is 2.21. The minimum atomic E-state index is -4.43. The number of nitrogens with two attached hydrogens (primary N) is 1. The highest BCUT2D eigenvalue weighted by molar-refractivity contribution is 7.10. The number of thiophene rings is 1. The van der Waals surface area contributed by atoms with Crippen LogP contribution in [0.15, 0.2) is 53.6 Å². The second-order valence-corrected chi connectivity index (χ2v) is 6.54. The predicted octanol–water partition coefficient (Wildman–Crippen LogP) is 4.52. The van der Waals surface area contributed by atoms with Gasteiger partial charge in [0.15, 0.2) is 0 Å². The van der Waals surface area contributed by atoms with E-state index in [9.17, 15) is 18.0 Å². The molecule has 0 aliphatic carbocycles. The van der Waals surface area contributed by atoms with E-state index in [0.29, 0.717) is 10.2 Å². The average molecular weight is 406 g/mol. The quantitative estimate of drug-likeness (QED) is 0.568. The average Bonchev–Trinajstić information content (AvgIpc) is 3.17. The second-order valence-electron chi connectivity index (χ2n) is 5.24. The molecule has 3 rings (SSSR count). The number of halogens is 4. The number of alkyl halides is 3. The van der Waals surface area contributed by atoms with Gasteiger partial charge in [-0.15, -0.1) is 11.3 Å². The molecule has 0 bridgehead atoms. The molecule has 5 nitrogen and oxygen atoms in total. The maximum absolute atomic E-state index is 12.6. The molecule has 10 heteroatoms. The summed E-state index contributed by atoms with van der Waals surface area (Å²) < 4.78 is 38.4. The third-order valence-electron chi connectivity index (χ3n) is 3.51. The highest BCUT2D eigenvalue weighted by atomic mass is 35.5. The van der Waals surface area contributed by atoms with Crippen molar-refractivity contribution >= 4 is 34.8 Å². The summed E-state index contributed by atoms with van der Waals surface area (Å²) in [5.74, 6) is -0.988. The third kappa shape index (κ3) is 4.48. The van der Waals surface area contributed by atoms with Crippen molar-refractivity contribution in [1.82, 2.24) is 9.54 Å². The third-order valence-corrected chi connectivity index (χ3v) is 4.87. The van der Waals surface area contributed by atoms with Gasteiger partial charge in [0.2, 0.25) is 0 Å². The lowest BCUT2D eigenvalue weighted by molar-refractivity contribution is -0.114. The molecule has 1 aromatic heterocycles. The van der Waals surface area contributed by atoms with Crippen LogP contribution in [0, 0.1) is 0 Å². The second kappa shape index (κ2) is 7.98. The number of nitrogen functional groups attached to an aromatic ring is 1. The molecular formula is C16H15ClF3N3O2S. The maximum atomic E-state index is 12.6. The summed E-state index contributed by atoms with van der Waals surface area (Å²) >= 11 is 7.00. The van der Waals surface area contributed by atoms with Crippen molar-refractivity contribution in [3.63, 3.8) is 0 Å². The molecule has 1 atom stereocenters. The first-order valence-corrected chi connectivity index (χ1v) is 8.43. The fourth-order valence-corrected chi connectivity index (χ4v) is 3.29. The normalized spacial score (nSPS) is 17.5. The van der Waals surface area contributed by atoms with Crippen LogP contribution in [0.2, 0.25) is 0 Å². The Labute approximate surface area is 156 Å². The van der Waals surface area contributed by atoms with Crippen molar-refractivity contribution in [3.05, 3.63) is 64.0 Å². The van der Waals surface area contributed by atoms with Crippen molar-refractivity contribution in [2.45, 2.75) is 12.2 Å². The number of carboxylic acid groups (broad SMARTS) is 1. The van der Waals surface area contributed by atoms with Crippen LogP contribution in [0.25, 0.3) is 0 Å². The number of para-hydroxylation sites is 1. The first-order chi connectivity index (χ1) is 12.1. The number of anilines is 1. The Morgan fingerprint density at radius 2 is 1.92 bits per heavy atom. The molecule has 0 saturated carbocycles. The van der Waals surface area contributed by atoms with E-state index < -0.39 is 23.9 Å². The molecule has 0 amide bonds. The van der Waals surface area contributed by atoms with E-state index in [2.05, 4.69) is 0 Å². The summed E-state index contributed by atoms with van der Waals surface area (Å²) in [6.07, 6.45) is -3.30. The van der Waals surface area contributed by atoms with Crippen LogP contribution in [0.5, 0.6) is 0 Å². The number of benzene rings is 1. The van der Waals surface area contributed by atoms with E-state index in [1.807, 2.05) is 5.38 Å². The van der Waals surface area contributed by atoms with Crippen molar-refractivity contribution in [3.8, 4) is 0 Å². The fraction of sp³-hybridized carbons (Fsp3) is 0.188. The van der Waals surface area contributed by atoms with E-state index in [1.54, 1.807) is 30.3 Å². The molecule has 2 heterocycles. The van der Waals surface area contributed by atoms with Crippen molar-refractivity contribution in [1.29, 1.82) is 0 Å². The van der Waals surface area contributed by atoms with E-state index in [1.165, 1.54) is 29.5 Å². The van der Waals surface area contributed by atoms with Gasteiger partial charge in [0, 0.05) is 29.4 Å².